The fraction of sp³-hybridized carbons (Fsp3) is 0.400. The molecule has 1 N–H and O–H groups in total. The van der Waals surface area contributed by atoms with E-state index in [0.717, 1.165) is 22.3 Å². The first-order valence-electron chi connectivity index (χ1n) is 6.59. The van der Waals surface area contributed by atoms with Crippen molar-refractivity contribution in [2.75, 3.05) is 23.5 Å². The lowest BCUT2D eigenvalue weighted by Gasteiger charge is -2.25. The Hall–Kier alpha value is -1.26. The number of hydrogen-bond acceptors (Lipinski definition) is 4. The van der Waals surface area contributed by atoms with E-state index in [0.29, 0.717) is 6.04 Å². The maximum Gasteiger partial charge on any atom is 0.129 e. The lowest BCUT2D eigenvalue weighted by atomic mass is 10.1. The van der Waals surface area contributed by atoms with Crippen molar-refractivity contribution in [2.45, 2.75) is 19.1 Å². The number of rotatable bonds is 3. The summed E-state index contributed by atoms with van der Waals surface area (Å²) in [4.78, 5) is 6.99. The molecule has 0 aliphatic carbocycles. The third-order valence-corrected chi connectivity index (χ3v) is 4.92. The van der Waals surface area contributed by atoms with Crippen LogP contribution in [-0.4, -0.2) is 34.7 Å². The number of fused-ring (bicyclic) bond motifs is 1. The van der Waals surface area contributed by atoms with Gasteiger partial charge in [-0.3, -0.25) is 0 Å². The van der Waals surface area contributed by atoms with Crippen LogP contribution in [0.1, 0.15) is 12.0 Å². The Morgan fingerprint density at radius 3 is 3.00 bits per heavy atom. The number of aliphatic hydroxyl groups is 1. The summed E-state index contributed by atoms with van der Waals surface area (Å²) in [6.07, 6.45) is 1.21. The topological polar surface area (TPSA) is 36.4 Å². The molecule has 3 rings (SSSR count). The highest BCUT2D eigenvalue weighted by Crippen LogP contribution is 2.28. The summed E-state index contributed by atoms with van der Waals surface area (Å²) in [5.74, 6) is 3.37. The van der Waals surface area contributed by atoms with E-state index in [2.05, 4.69) is 11.9 Å². The van der Waals surface area contributed by atoms with Crippen LogP contribution in [0.3, 0.4) is 0 Å². The highest BCUT2D eigenvalue weighted by atomic mass is 32.2. The Labute approximate surface area is 117 Å². The molecule has 2 aromatic rings. The van der Waals surface area contributed by atoms with Gasteiger partial charge in [-0.05, 0) is 29.9 Å². The molecule has 0 bridgehead atoms. The number of pyridine rings is 1. The van der Waals surface area contributed by atoms with Gasteiger partial charge in [0.15, 0.2) is 0 Å². The van der Waals surface area contributed by atoms with Crippen LogP contribution >= 0.6 is 11.8 Å². The van der Waals surface area contributed by atoms with Crippen molar-refractivity contribution < 1.29 is 5.11 Å². The second kappa shape index (κ2) is 5.39. The first kappa shape index (κ1) is 12.8. The minimum Gasteiger partial charge on any atom is -0.392 e. The molecular weight excluding hydrogens is 256 g/mol. The van der Waals surface area contributed by atoms with E-state index in [4.69, 9.17) is 4.98 Å². The zero-order chi connectivity index (χ0) is 13.2. The van der Waals surface area contributed by atoms with Gasteiger partial charge < -0.3 is 10.0 Å². The van der Waals surface area contributed by atoms with E-state index in [1.165, 1.54) is 17.9 Å². The second-order valence-corrected chi connectivity index (χ2v) is 6.09. The minimum absolute atomic E-state index is 0.0588. The van der Waals surface area contributed by atoms with Crippen molar-refractivity contribution in [1.29, 1.82) is 0 Å². The Balaban J connectivity index is 2.03. The van der Waals surface area contributed by atoms with Crippen LogP contribution in [0.25, 0.3) is 10.9 Å². The molecule has 2 heterocycles. The quantitative estimate of drug-likeness (QED) is 0.933. The Morgan fingerprint density at radius 1 is 1.42 bits per heavy atom. The van der Waals surface area contributed by atoms with E-state index >= 15 is 0 Å². The summed E-state index contributed by atoms with van der Waals surface area (Å²) < 4.78 is 0. The molecule has 19 heavy (non-hydrogen) atoms. The zero-order valence-electron chi connectivity index (χ0n) is 11.0. The van der Waals surface area contributed by atoms with Crippen molar-refractivity contribution >= 4 is 28.5 Å². The number of anilines is 1. The Bertz CT molecular complexity index is 581. The van der Waals surface area contributed by atoms with E-state index in [-0.39, 0.29) is 6.61 Å². The maximum atomic E-state index is 9.56. The molecule has 1 fully saturated rings. The number of hydrogen-bond donors (Lipinski definition) is 1. The van der Waals surface area contributed by atoms with Gasteiger partial charge in [0, 0.05) is 24.2 Å². The molecule has 1 atom stereocenters. The van der Waals surface area contributed by atoms with Crippen LogP contribution < -0.4 is 4.90 Å². The van der Waals surface area contributed by atoms with Crippen LogP contribution in [-0.2, 0) is 6.61 Å². The fourth-order valence-corrected chi connectivity index (χ4v) is 3.83. The van der Waals surface area contributed by atoms with Crippen LogP contribution in [0.15, 0.2) is 30.3 Å². The molecule has 1 aliphatic rings. The summed E-state index contributed by atoms with van der Waals surface area (Å²) >= 11 is 2.00. The van der Waals surface area contributed by atoms with Gasteiger partial charge >= 0.3 is 0 Å². The summed E-state index contributed by atoms with van der Waals surface area (Å²) in [6.45, 7) is 0.0588. The zero-order valence-corrected chi connectivity index (χ0v) is 11.9. The molecule has 1 aromatic carbocycles. The van der Waals surface area contributed by atoms with E-state index in [9.17, 15) is 5.11 Å². The van der Waals surface area contributed by atoms with Gasteiger partial charge in [-0.25, -0.2) is 4.98 Å². The lowest BCUT2D eigenvalue weighted by Crippen LogP contribution is -2.32. The molecule has 100 valence electrons. The van der Waals surface area contributed by atoms with E-state index in [1.807, 2.05) is 42.1 Å². The highest BCUT2D eigenvalue weighted by molar-refractivity contribution is 7.99. The molecule has 1 aliphatic heterocycles. The number of aromatic nitrogens is 1. The summed E-state index contributed by atoms with van der Waals surface area (Å²) in [7, 11) is 2.11. The molecule has 4 heteroatoms. The van der Waals surface area contributed by atoms with Crippen LogP contribution in [0.4, 0.5) is 5.82 Å². The highest BCUT2D eigenvalue weighted by Gasteiger charge is 2.21. The monoisotopic (exact) mass is 274 g/mol. The first-order valence-corrected chi connectivity index (χ1v) is 7.75. The number of thioether (sulfide) groups is 1. The molecule has 0 radical (unpaired) electrons. The van der Waals surface area contributed by atoms with E-state index < -0.39 is 0 Å². The van der Waals surface area contributed by atoms with Gasteiger partial charge in [-0.15, -0.1) is 0 Å². The standard InChI is InChI=1S/C15H18N2OS/c1-17(12-6-7-19-10-12)15-8-11(9-18)13-4-2-3-5-14(13)16-15/h2-5,8,12,18H,6-7,9-10H2,1H3. The molecule has 1 aromatic heterocycles. The lowest BCUT2D eigenvalue weighted by molar-refractivity contribution is 0.283. The summed E-state index contributed by atoms with van der Waals surface area (Å²) in [5.41, 5.74) is 1.92. The maximum absolute atomic E-state index is 9.56. The van der Waals surface area contributed by atoms with Crippen molar-refractivity contribution in [1.82, 2.24) is 4.98 Å². The molecule has 0 saturated carbocycles. The number of benzene rings is 1. The van der Waals surface area contributed by atoms with Gasteiger partial charge in [0.1, 0.15) is 5.82 Å². The third kappa shape index (κ3) is 2.42. The van der Waals surface area contributed by atoms with Gasteiger partial charge in [-0.2, -0.15) is 11.8 Å². The first-order chi connectivity index (χ1) is 9.29. The Kier molecular flexibility index (Phi) is 3.62. The fourth-order valence-electron chi connectivity index (χ4n) is 2.56. The van der Waals surface area contributed by atoms with Crippen molar-refractivity contribution in [2.24, 2.45) is 0 Å². The van der Waals surface area contributed by atoms with E-state index in [1.54, 1.807) is 0 Å². The average Bonchev–Trinajstić information content (AvgIpc) is 2.99. The largest absolute Gasteiger partial charge is 0.392 e. The predicted octanol–water partition coefficient (Wildman–Crippen LogP) is 2.67. The molecule has 1 unspecified atom stereocenters. The SMILES string of the molecule is CN(c1cc(CO)c2ccccc2n1)C1CCSC1. The number of aliphatic hydroxyl groups excluding tert-OH is 1. The Morgan fingerprint density at radius 2 is 2.26 bits per heavy atom. The molecule has 0 spiro atoms. The molecule has 1 saturated heterocycles. The summed E-state index contributed by atoms with van der Waals surface area (Å²) in [5, 5.41) is 10.6. The second-order valence-electron chi connectivity index (χ2n) is 4.94. The molecule has 0 amide bonds. The van der Waals surface area contributed by atoms with Crippen molar-refractivity contribution in [3.63, 3.8) is 0 Å². The third-order valence-electron chi connectivity index (χ3n) is 3.77. The van der Waals surface area contributed by atoms with Gasteiger partial charge in [-0.1, -0.05) is 18.2 Å². The van der Waals surface area contributed by atoms with Crippen LogP contribution in [0, 0.1) is 0 Å². The van der Waals surface area contributed by atoms with Crippen molar-refractivity contribution in [3.8, 4) is 0 Å². The van der Waals surface area contributed by atoms with Crippen LogP contribution in [0.2, 0.25) is 0 Å². The van der Waals surface area contributed by atoms with Gasteiger partial charge in [0.2, 0.25) is 0 Å². The van der Waals surface area contributed by atoms with Crippen LogP contribution in [0.5, 0.6) is 0 Å². The molecular formula is C15H18N2OS. The van der Waals surface area contributed by atoms with Crippen molar-refractivity contribution in [3.05, 3.63) is 35.9 Å². The van der Waals surface area contributed by atoms with Gasteiger partial charge in [0.05, 0.1) is 12.1 Å². The number of para-hydroxylation sites is 1. The normalized spacial score (nSPS) is 18.9. The average molecular weight is 274 g/mol. The smallest absolute Gasteiger partial charge is 0.129 e. The van der Waals surface area contributed by atoms with Gasteiger partial charge in [0.25, 0.3) is 0 Å². The number of nitrogens with zero attached hydrogens (tertiary/aromatic N) is 2. The molecule has 3 nitrogen and oxygen atoms in total. The predicted molar refractivity (Wildman–Crippen MR) is 81.8 cm³/mol. The minimum atomic E-state index is 0.0588. The summed E-state index contributed by atoms with van der Waals surface area (Å²) in [6, 6.07) is 10.6.